The van der Waals surface area contributed by atoms with Crippen LogP contribution in [-0.4, -0.2) is 36.8 Å². The molecule has 0 radical (unpaired) electrons. The Morgan fingerprint density at radius 3 is 2.56 bits per heavy atom. The van der Waals surface area contributed by atoms with E-state index in [-0.39, 0.29) is 24.7 Å². The van der Waals surface area contributed by atoms with Gasteiger partial charge < -0.3 is 37.9 Å². The summed E-state index contributed by atoms with van der Waals surface area (Å²) in [6.07, 6.45) is 3.97. The van der Waals surface area contributed by atoms with Gasteiger partial charge in [-0.2, -0.15) is 0 Å². The van der Waals surface area contributed by atoms with E-state index in [9.17, 15) is 19.5 Å². The van der Waals surface area contributed by atoms with Crippen molar-refractivity contribution in [3.63, 3.8) is 0 Å². The summed E-state index contributed by atoms with van der Waals surface area (Å²) in [5.74, 6) is 2.47. The first-order chi connectivity index (χ1) is 19.7. The third-order valence-corrected chi connectivity index (χ3v) is 6.63. The summed E-state index contributed by atoms with van der Waals surface area (Å²) in [6.45, 7) is 1.96. The third-order valence-electron chi connectivity index (χ3n) is 5.90. The largest absolute Gasteiger partial charge is 0.501 e. The number of rotatable bonds is 11. The minimum atomic E-state index is -4.86. The van der Waals surface area contributed by atoms with Gasteiger partial charge in [-0.25, -0.2) is 9.67 Å². The Kier molecular flexibility index (Phi) is 7.97. The fraction of sp³-hybridized carbons (Fsp3) is 0.143. The SMILES string of the molecule is COc1cc(COc2nn(-c3ccccc3)cc2/C=C(\O)P(=O)(O)O)ccc1OCc1nc(-c2ccco2)oc1C. The predicted molar refractivity (Wildman–Crippen MR) is 147 cm³/mol. The standard InChI is InChI=1S/C28H26N3O9P/c1-18-22(29-28(40-18)24-9-6-12-37-24)17-38-23-11-10-19(13-25(23)36-2)16-39-27-20(14-26(32)41(33,34)35)15-31(30-27)21-7-4-3-5-8-21/h3-15,32H,16-17H2,1-2H3,(H2,33,34,35)/b26-14+. The van der Waals surface area contributed by atoms with Crippen molar-refractivity contribution in [2.24, 2.45) is 0 Å². The van der Waals surface area contributed by atoms with Crippen molar-refractivity contribution in [1.29, 1.82) is 0 Å². The van der Waals surface area contributed by atoms with Crippen LogP contribution in [0.2, 0.25) is 0 Å². The van der Waals surface area contributed by atoms with Crippen LogP contribution in [0.3, 0.4) is 0 Å². The molecule has 12 nitrogen and oxygen atoms in total. The number of aliphatic hydroxyl groups is 1. The van der Waals surface area contributed by atoms with Gasteiger partial charge in [0.25, 0.3) is 5.89 Å². The molecule has 0 spiro atoms. The molecule has 212 valence electrons. The van der Waals surface area contributed by atoms with Crippen molar-refractivity contribution in [1.82, 2.24) is 14.8 Å². The van der Waals surface area contributed by atoms with E-state index >= 15 is 0 Å². The molecule has 0 saturated heterocycles. The van der Waals surface area contributed by atoms with Gasteiger partial charge in [-0.1, -0.05) is 24.3 Å². The quantitative estimate of drug-likeness (QED) is 0.131. The van der Waals surface area contributed by atoms with Crippen LogP contribution in [0.25, 0.3) is 23.4 Å². The van der Waals surface area contributed by atoms with E-state index in [2.05, 4.69) is 10.1 Å². The van der Waals surface area contributed by atoms with Crippen molar-refractivity contribution in [3.05, 3.63) is 101 Å². The van der Waals surface area contributed by atoms with Crippen molar-refractivity contribution >= 4 is 13.7 Å². The van der Waals surface area contributed by atoms with Gasteiger partial charge >= 0.3 is 7.60 Å². The maximum Gasteiger partial charge on any atom is 0.390 e. The van der Waals surface area contributed by atoms with E-state index in [1.807, 2.05) is 18.2 Å². The summed E-state index contributed by atoms with van der Waals surface area (Å²) in [4.78, 5) is 23.1. The Labute approximate surface area is 234 Å². The molecule has 3 N–H and O–H groups in total. The summed E-state index contributed by atoms with van der Waals surface area (Å²) in [7, 11) is -3.35. The molecule has 0 saturated carbocycles. The molecule has 3 aromatic heterocycles. The number of para-hydroxylation sites is 1. The molecular weight excluding hydrogens is 553 g/mol. The predicted octanol–water partition coefficient (Wildman–Crippen LogP) is 5.63. The van der Waals surface area contributed by atoms with Crippen molar-refractivity contribution < 1.29 is 42.5 Å². The maximum absolute atomic E-state index is 11.5. The molecule has 0 fully saturated rings. The molecule has 13 heteroatoms. The van der Waals surface area contributed by atoms with E-state index < -0.39 is 13.1 Å². The van der Waals surface area contributed by atoms with Gasteiger partial charge in [-0.05, 0) is 48.9 Å². The topological polar surface area (TPSA) is 162 Å². The second-order valence-electron chi connectivity index (χ2n) is 8.78. The minimum absolute atomic E-state index is 0.0366. The molecule has 0 unspecified atom stereocenters. The summed E-state index contributed by atoms with van der Waals surface area (Å²) in [6, 6.07) is 17.8. The Morgan fingerprint density at radius 1 is 1.05 bits per heavy atom. The van der Waals surface area contributed by atoms with Gasteiger partial charge in [0.1, 0.15) is 24.7 Å². The van der Waals surface area contributed by atoms with Crippen LogP contribution in [0.1, 0.15) is 22.6 Å². The number of hydrogen-bond acceptors (Lipinski definition) is 9. The van der Waals surface area contributed by atoms with E-state index in [1.54, 1.807) is 55.7 Å². The lowest BCUT2D eigenvalue weighted by Crippen LogP contribution is -2.02. The summed E-state index contributed by atoms with van der Waals surface area (Å²) in [5.41, 5.74) is 1.08. The molecule has 5 rings (SSSR count). The van der Waals surface area contributed by atoms with E-state index in [0.29, 0.717) is 45.9 Å². The molecule has 5 aromatic rings. The van der Waals surface area contributed by atoms with Gasteiger partial charge in [-0.3, -0.25) is 4.57 Å². The molecule has 41 heavy (non-hydrogen) atoms. The molecule has 0 aliphatic carbocycles. The lowest BCUT2D eigenvalue weighted by atomic mass is 10.2. The number of aryl methyl sites for hydroxylation is 1. The number of aliphatic hydroxyl groups excluding tert-OH is 1. The van der Waals surface area contributed by atoms with Crippen molar-refractivity contribution in [2.45, 2.75) is 20.1 Å². The Bertz CT molecular complexity index is 1700. The molecule has 0 atom stereocenters. The smallest absolute Gasteiger partial charge is 0.390 e. The zero-order chi connectivity index (χ0) is 29.0. The molecule has 3 heterocycles. The third kappa shape index (κ3) is 6.52. The summed E-state index contributed by atoms with van der Waals surface area (Å²) >= 11 is 0. The first-order valence-corrected chi connectivity index (χ1v) is 13.9. The summed E-state index contributed by atoms with van der Waals surface area (Å²) < 4.78 is 41.3. The van der Waals surface area contributed by atoms with Crippen LogP contribution in [0.15, 0.2) is 87.5 Å². The first kappa shape index (κ1) is 27.8. The van der Waals surface area contributed by atoms with Gasteiger partial charge in [0.2, 0.25) is 11.4 Å². The van der Waals surface area contributed by atoms with Crippen LogP contribution in [0.5, 0.6) is 17.4 Å². The number of aromatic nitrogens is 3. The van der Waals surface area contributed by atoms with Gasteiger partial charge in [0, 0.05) is 12.3 Å². The number of nitrogens with zero attached hydrogens (tertiary/aromatic N) is 3. The number of oxazole rings is 1. The average molecular weight is 580 g/mol. The molecule has 0 aliphatic rings. The van der Waals surface area contributed by atoms with Gasteiger partial charge in [-0.15, -0.1) is 5.10 Å². The molecule has 0 amide bonds. The zero-order valence-electron chi connectivity index (χ0n) is 22.0. The van der Waals surface area contributed by atoms with Crippen molar-refractivity contribution in [3.8, 4) is 34.7 Å². The second-order valence-corrected chi connectivity index (χ2v) is 10.3. The number of benzene rings is 2. The van der Waals surface area contributed by atoms with E-state index in [4.69, 9.17) is 23.0 Å². The summed E-state index contributed by atoms with van der Waals surface area (Å²) in [5, 5.41) is 14.3. The van der Waals surface area contributed by atoms with Crippen LogP contribution in [-0.2, 0) is 17.8 Å². The lowest BCUT2D eigenvalue weighted by Gasteiger charge is -2.12. The number of hydrogen-bond donors (Lipinski definition) is 3. The fourth-order valence-corrected chi connectivity index (χ4v) is 4.11. The minimum Gasteiger partial charge on any atom is -0.501 e. The maximum atomic E-state index is 11.5. The average Bonchev–Trinajstić information content (AvgIpc) is 3.71. The monoisotopic (exact) mass is 579 g/mol. The number of methoxy groups -OCH3 is 1. The molecule has 0 bridgehead atoms. The zero-order valence-corrected chi connectivity index (χ0v) is 22.9. The van der Waals surface area contributed by atoms with E-state index in [1.165, 1.54) is 18.0 Å². The Morgan fingerprint density at radius 2 is 1.85 bits per heavy atom. The normalized spacial score (nSPS) is 12.0. The van der Waals surface area contributed by atoms with Crippen molar-refractivity contribution in [2.75, 3.05) is 7.11 Å². The highest BCUT2D eigenvalue weighted by atomic mass is 31.2. The molecule has 2 aromatic carbocycles. The highest BCUT2D eigenvalue weighted by Crippen LogP contribution is 2.44. The van der Waals surface area contributed by atoms with Crippen LogP contribution in [0.4, 0.5) is 0 Å². The fourth-order valence-electron chi connectivity index (χ4n) is 3.81. The highest BCUT2D eigenvalue weighted by Gasteiger charge is 2.22. The van der Waals surface area contributed by atoms with Gasteiger partial charge in [0.15, 0.2) is 17.3 Å². The van der Waals surface area contributed by atoms with Crippen LogP contribution < -0.4 is 14.2 Å². The highest BCUT2D eigenvalue weighted by molar-refractivity contribution is 7.56. The molecular formula is C28H26N3O9P. The second kappa shape index (κ2) is 11.8. The number of ether oxygens (including phenoxy) is 3. The Hall–Kier alpha value is -4.77. The van der Waals surface area contributed by atoms with E-state index in [0.717, 1.165) is 6.08 Å². The Balaban J connectivity index is 1.32. The number of furan rings is 1. The first-order valence-electron chi connectivity index (χ1n) is 12.3. The van der Waals surface area contributed by atoms with Crippen LogP contribution >= 0.6 is 7.60 Å². The van der Waals surface area contributed by atoms with Crippen LogP contribution in [0, 0.1) is 6.92 Å². The van der Waals surface area contributed by atoms with Gasteiger partial charge in [0.05, 0.1) is 24.6 Å². The lowest BCUT2D eigenvalue weighted by molar-refractivity contribution is 0.275. The molecule has 0 aliphatic heterocycles.